The minimum Gasteiger partial charge on any atom is -0.397 e. The number of hydrogen-bond acceptors (Lipinski definition) is 4. The zero-order valence-electron chi connectivity index (χ0n) is 14.8. The third kappa shape index (κ3) is 3.17. The van der Waals surface area contributed by atoms with Gasteiger partial charge >= 0.3 is 0 Å². The molecule has 0 heterocycles. The number of carbonyl (C=O) groups excluding carboxylic acids is 1. The highest BCUT2D eigenvalue weighted by Gasteiger charge is 2.27. The molecule has 3 aromatic rings. The van der Waals surface area contributed by atoms with Crippen LogP contribution in [0, 0.1) is 5.82 Å². The van der Waals surface area contributed by atoms with Crippen molar-refractivity contribution in [2.75, 3.05) is 18.2 Å². The normalized spacial score (nSPS) is 15.6. The molecule has 3 aromatic carbocycles. The molecule has 0 saturated heterocycles. The van der Waals surface area contributed by atoms with Crippen molar-refractivity contribution in [1.82, 2.24) is 0 Å². The summed E-state index contributed by atoms with van der Waals surface area (Å²) >= 11 is 0. The van der Waals surface area contributed by atoms with E-state index in [-0.39, 0.29) is 17.7 Å². The third-order valence-electron chi connectivity index (χ3n) is 4.87. The van der Waals surface area contributed by atoms with Gasteiger partial charge in [-0.25, -0.2) is 4.39 Å². The second-order valence-electron chi connectivity index (χ2n) is 6.56. The van der Waals surface area contributed by atoms with Crippen molar-refractivity contribution in [3.63, 3.8) is 0 Å². The summed E-state index contributed by atoms with van der Waals surface area (Å²) in [5.41, 5.74) is 11.1. The Morgan fingerprint density at radius 1 is 1.04 bits per heavy atom. The lowest BCUT2D eigenvalue weighted by Crippen LogP contribution is -2.07. The Balaban J connectivity index is 1.81. The number of ether oxygens (including phenoxy) is 1. The van der Waals surface area contributed by atoms with Gasteiger partial charge in [0.05, 0.1) is 17.5 Å². The molecule has 1 aliphatic carbocycles. The minimum atomic E-state index is -0.384. The van der Waals surface area contributed by atoms with Crippen molar-refractivity contribution in [2.24, 2.45) is 0 Å². The predicted molar refractivity (Wildman–Crippen MR) is 105 cm³/mol. The van der Waals surface area contributed by atoms with Crippen LogP contribution in [0.3, 0.4) is 0 Å². The molecule has 0 spiro atoms. The molecule has 1 aliphatic rings. The van der Waals surface area contributed by atoms with Gasteiger partial charge in [0.2, 0.25) is 0 Å². The second kappa shape index (κ2) is 6.85. The van der Waals surface area contributed by atoms with E-state index in [1.165, 1.54) is 12.1 Å². The van der Waals surface area contributed by atoms with Gasteiger partial charge in [0.1, 0.15) is 5.82 Å². The van der Waals surface area contributed by atoms with Crippen molar-refractivity contribution >= 4 is 22.8 Å². The highest BCUT2D eigenvalue weighted by molar-refractivity contribution is 6.05. The maximum Gasteiger partial charge on any atom is 0.166 e. The zero-order chi connectivity index (χ0) is 19.0. The molecule has 3 N–H and O–H groups in total. The lowest BCUT2D eigenvalue weighted by atomic mass is 9.95. The van der Waals surface area contributed by atoms with Crippen LogP contribution in [0.15, 0.2) is 60.7 Å². The Hall–Kier alpha value is -3.18. The first-order valence-corrected chi connectivity index (χ1v) is 8.68. The molecule has 0 aromatic heterocycles. The first-order chi connectivity index (χ1) is 13.1. The number of fused-ring (bicyclic) bond motifs is 3. The van der Waals surface area contributed by atoms with Crippen molar-refractivity contribution in [3.8, 4) is 11.1 Å². The summed E-state index contributed by atoms with van der Waals surface area (Å²) in [6.07, 6.45) is 0.0309. The largest absolute Gasteiger partial charge is 0.397 e. The van der Waals surface area contributed by atoms with Crippen LogP contribution in [0.5, 0.6) is 0 Å². The second-order valence-corrected chi connectivity index (χ2v) is 6.56. The van der Waals surface area contributed by atoms with E-state index in [2.05, 4.69) is 5.32 Å². The number of hydrogen-bond donors (Lipinski definition) is 2. The standard InChI is InChI=1S/C22H19FN2O2/c1-27-22-12-21(26)16-8-7-14(25-20-9-6-13(23)10-19(20)24)11-18(16)15-4-2-3-5-17(15)22/h2-11,22,25H,12,24H2,1H3. The van der Waals surface area contributed by atoms with E-state index in [1.54, 1.807) is 13.2 Å². The molecular formula is C22H19FN2O2. The summed E-state index contributed by atoms with van der Waals surface area (Å²) in [4.78, 5) is 12.7. The first kappa shape index (κ1) is 17.2. The van der Waals surface area contributed by atoms with Gasteiger partial charge in [-0.2, -0.15) is 0 Å². The van der Waals surface area contributed by atoms with Crippen molar-refractivity contribution in [3.05, 3.63) is 77.6 Å². The molecular weight excluding hydrogens is 343 g/mol. The monoisotopic (exact) mass is 362 g/mol. The average molecular weight is 362 g/mol. The number of rotatable bonds is 3. The summed E-state index contributed by atoms with van der Waals surface area (Å²) < 4.78 is 18.8. The predicted octanol–water partition coefficient (Wildman–Crippen LogP) is 5.09. The van der Waals surface area contributed by atoms with E-state index in [0.717, 1.165) is 22.4 Å². The molecule has 1 atom stereocenters. The number of anilines is 3. The molecule has 5 heteroatoms. The fourth-order valence-corrected chi connectivity index (χ4v) is 3.51. The Labute approximate surface area is 156 Å². The summed E-state index contributed by atoms with van der Waals surface area (Å²) in [6.45, 7) is 0. The van der Waals surface area contributed by atoms with E-state index in [0.29, 0.717) is 23.4 Å². The smallest absolute Gasteiger partial charge is 0.166 e. The van der Waals surface area contributed by atoms with Crippen molar-refractivity contribution in [2.45, 2.75) is 12.5 Å². The molecule has 0 aliphatic heterocycles. The Kier molecular flexibility index (Phi) is 4.38. The van der Waals surface area contributed by atoms with E-state index in [9.17, 15) is 9.18 Å². The van der Waals surface area contributed by atoms with Gasteiger partial charge in [0.15, 0.2) is 5.78 Å². The van der Waals surface area contributed by atoms with Gasteiger partial charge in [0.25, 0.3) is 0 Å². The van der Waals surface area contributed by atoms with Crippen LogP contribution in [0.4, 0.5) is 21.5 Å². The van der Waals surface area contributed by atoms with Gasteiger partial charge in [-0.05, 0) is 53.1 Å². The fourth-order valence-electron chi connectivity index (χ4n) is 3.51. The summed E-state index contributed by atoms with van der Waals surface area (Å²) in [6, 6.07) is 17.7. The summed E-state index contributed by atoms with van der Waals surface area (Å²) in [5.74, 6) is -0.342. The number of halogens is 1. The van der Waals surface area contributed by atoms with Crippen LogP contribution in [-0.2, 0) is 4.74 Å². The maximum atomic E-state index is 13.3. The lowest BCUT2D eigenvalue weighted by molar-refractivity contribution is 0.0739. The molecule has 0 amide bonds. The van der Waals surface area contributed by atoms with Gasteiger partial charge in [0, 0.05) is 24.8 Å². The maximum absolute atomic E-state index is 13.3. The average Bonchev–Trinajstić information content (AvgIpc) is 2.79. The van der Waals surface area contributed by atoms with Crippen LogP contribution >= 0.6 is 0 Å². The molecule has 0 radical (unpaired) electrons. The number of methoxy groups -OCH3 is 1. The molecule has 4 nitrogen and oxygen atoms in total. The van der Waals surface area contributed by atoms with Crippen molar-refractivity contribution < 1.29 is 13.9 Å². The molecule has 4 rings (SSSR count). The number of benzene rings is 3. The summed E-state index contributed by atoms with van der Waals surface area (Å²) in [7, 11) is 1.62. The Bertz CT molecular complexity index is 1030. The topological polar surface area (TPSA) is 64.3 Å². The van der Waals surface area contributed by atoms with Crippen LogP contribution in [0.25, 0.3) is 11.1 Å². The number of nitrogens with two attached hydrogens (primary N) is 1. The SMILES string of the molecule is COC1CC(=O)c2ccc(Nc3ccc(F)cc3N)cc2-c2ccccc21. The lowest BCUT2D eigenvalue weighted by Gasteiger charge is -2.16. The minimum absolute atomic E-state index is 0.0425. The molecule has 0 bridgehead atoms. The summed E-state index contributed by atoms with van der Waals surface area (Å²) in [5, 5.41) is 3.21. The van der Waals surface area contributed by atoms with Crippen molar-refractivity contribution in [1.29, 1.82) is 0 Å². The number of nitrogens with one attached hydrogen (secondary N) is 1. The molecule has 1 unspecified atom stereocenters. The first-order valence-electron chi connectivity index (χ1n) is 8.68. The highest BCUT2D eigenvalue weighted by atomic mass is 19.1. The molecule has 0 fully saturated rings. The molecule has 27 heavy (non-hydrogen) atoms. The van der Waals surface area contributed by atoms with E-state index in [1.807, 2.05) is 42.5 Å². The number of Topliss-reactive ketones (excluding diaryl/α,β-unsaturated/α-hetero) is 1. The van der Waals surface area contributed by atoms with Crippen LogP contribution in [0.2, 0.25) is 0 Å². The van der Waals surface area contributed by atoms with Gasteiger partial charge in [-0.3, -0.25) is 4.79 Å². The Morgan fingerprint density at radius 2 is 1.85 bits per heavy atom. The van der Waals surface area contributed by atoms with Gasteiger partial charge in [-0.1, -0.05) is 24.3 Å². The zero-order valence-corrected chi connectivity index (χ0v) is 14.8. The van der Waals surface area contributed by atoms with E-state index in [4.69, 9.17) is 10.5 Å². The number of ketones is 1. The van der Waals surface area contributed by atoms with Crippen LogP contribution in [-0.4, -0.2) is 12.9 Å². The Morgan fingerprint density at radius 3 is 2.63 bits per heavy atom. The van der Waals surface area contributed by atoms with Crippen LogP contribution in [0.1, 0.15) is 28.4 Å². The van der Waals surface area contributed by atoms with Crippen LogP contribution < -0.4 is 11.1 Å². The fraction of sp³-hybridized carbons (Fsp3) is 0.136. The number of nitrogen functional groups attached to an aromatic ring is 1. The third-order valence-corrected chi connectivity index (χ3v) is 4.87. The molecule has 136 valence electrons. The van der Waals surface area contributed by atoms with Gasteiger partial charge < -0.3 is 15.8 Å². The highest BCUT2D eigenvalue weighted by Crippen LogP contribution is 2.40. The van der Waals surface area contributed by atoms with E-state index < -0.39 is 0 Å². The molecule has 0 saturated carbocycles. The quantitative estimate of drug-likeness (QED) is 0.637. The van der Waals surface area contributed by atoms with Gasteiger partial charge in [-0.15, -0.1) is 0 Å². The number of carbonyl (C=O) groups is 1. The van der Waals surface area contributed by atoms with E-state index >= 15 is 0 Å².